The largest absolute Gasteiger partial charge is 0.373 e. The van der Waals surface area contributed by atoms with Crippen molar-refractivity contribution < 1.29 is 9.53 Å². The van der Waals surface area contributed by atoms with Gasteiger partial charge in [-0.1, -0.05) is 6.07 Å². The Kier molecular flexibility index (Phi) is 3.08. The maximum atomic E-state index is 12.1. The average Bonchev–Trinajstić information content (AvgIpc) is 2.91. The summed E-state index contributed by atoms with van der Waals surface area (Å²) in [5.74, 6) is 0.0182. The summed E-state index contributed by atoms with van der Waals surface area (Å²) in [6, 6.07) is 7.86. The Morgan fingerprint density at radius 2 is 2.29 bits per heavy atom. The summed E-state index contributed by atoms with van der Waals surface area (Å²) in [6.45, 7) is 0. The van der Waals surface area contributed by atoms with Gasteiger partial charge in [0.25, 0.3) is 5.91 Å². The predicted octanol–water partition coefficient (Wildman–Crippen LogP) is 2.34. The van der Waals surface area contributed by atoms with Crippen molar-refractivity contribution in [1.82, 2.24) is 5.32 Å². The van der Waals surface area contributed by atoms with E-state index in [-0.39, 0.29) is 18.1 Å². The van der Waals surface area contributed by atoms with E-state index in [0.29, 0.717) is 6.10 Å². The fourth-order valence-corrected chi connectivity index (χ4v) is 3.21. The topological polar surface area (TPSA) is 38.3 Å². The molecule has 0 aromatic heterocycles. The Labute approximate surface area is 114 Å². The Hall–Kier alpha value is -0.620. The number of nitrogens with one attached hydrogen (secondary N) is 1. The molecule has 17 heavy (non-hydrogen) atoms. The van der Waals surface area contributed by atoms with Crippen molar-refractivity contribution in [3.63, 3.8) is 0 Å². The van der Waals surface area contributed by atoms with Crippen LogP contribution >= 0.6 is 22.6 Å². The third-order valence-electron chi connectivity index (χ3n) is 3.51. The van der Waals surface area contributed by atoms with Crippen LogP contribution in [0.25, 0.3) is 0 Å². The molecule has 1 aromatic rings. The number of hydrogen-bond acceptors (Lipinski definition) is 2. The van der Waals surface area contributed by atoms with E-state index in [2.05, 4.69) is 27.9 Å². The van der Waals surface area contributed by atoms with E-state index in [0.717, 1.165) is 28.4 Å². The number of ether oxygens (including phenoxy) is 1. The van der Waals surface area contributed by atoms with Crippen LogP contribution in [0.1, 0.15) is 29.6 Å². The lowest BCUT2D eigenvalue weighted by Crippen LogP contribution is -2.41. The predicted molar refractivity (Wildman–Crippen MR) is 72.9 cm³/mol. The first-order chi connectivity index (χ1) is 8.22. The van der Waals surface area contributed by atoms with E-state index < -0.39 is 0 Å². The van der Waals surface area contributed by atoms with E-state index in [1.165, 1.54) is 0 Å². The van der Waals surface area contributed by atoms with Gasteiger partial charge < -0.3 is 10.1 Å². The maximum absolute atomic E-state index is 12.1. The summed E-state index contributed by atoms with van der Waals surface area (Å²) in [4.78, 5) is 12.1. The van der Waals surface area contributed by atoms with E-state index in [9.17, 15) is 4.79 Å². The minimum atomic E-state index is 0.0182. The SMILES string of the molecule is O=C(NC1CC2CCC1O2)c1cccc(I)c1. The van der Waals surface area contributed by atoms with Crippen molar-refractivity contribution in [2.45, 2.75) is 37.5 Å². The zero-order chi connectivity index (χ0) is 11.8. The molecule has 2 aliphatic rings. The van der Waals surface area contributed by atoms with Crippen LogP contribution in [-0.2, 0) is 4.74 Å². The third kappa shape index (κ3) is 2.33. The first-order valence-electron chi connectivity index (χ1n) is 5.94. The fraction of sp³-hybridized carbons (Fsp3) is 0.462. The van der Waals surface area contributed by atoms with Crippen molar-refractivity contribution in [1.29, 1.82) is 0 Å². The molecule has 0 aliphatic carbocycles. The van der Waals surface area contributed by atoms with Crippen LogP contribution in [-0.4, -0.2) is 24.2 Å². The summed E-state index contributed by atoms with van der Waals surface area (Å²) in [6.07, 6.45) is 3.83. The molecule has 2 saturated heterocycles. The highest BCUT2D eigenvalue weighted by molar-refractivity contribution is 14.1. The summed E-state index contributed by atoms with van der Waals surface area (Å²) < 4.78 is 6.81. The number of fused-ring (bicyclic) bond motifs is 2. The number of hydrogen-bond donors (Lipinski definition) is 1. The molecule has 2 heterocycles. The van der Waals surface area contributed by atoms with Gasteiger partial charge in [0.05, 0.1) is 18.2 Å². The van der Waals surface area contributed by atoms with Crippen LogP contribution in [0.15, 0.2) is 24.3 Å². The van der Waals surface area contributed by atoms with Gasteiger partial charge in [-0.25, -0.2) is 0 Å². The minimum Gasteiger partial charge on any atom is -0.373 e. The second kappa shape index (κ2) is 4.57. The highest BCUT2D eigenvalue weighted by Crippen LogP contribution is 2.34. The van der Waals surface area contributed by atoms with Gasteiger partial charge in [0, 0.05) is 9.13 Å². The van der Waals surface area contributed by atoms with Crippen LogP contribution in [0.2, 0.25) is 0 Å². The van der Waals surface area contributed by atoms with Gasteiger partial charge in [-0.05, 0) is 60.1 Å². The number of benzene rings is 1. The quantitative estimate of drug-likeness (QED) is 0.838. The second-order valence-electron chi connectivity index (χ2n) is 4.70. The number of halogens is 1. The van der Waals surface area contributed by atoms with Crippen LogP contribution in [0, 0.1) is 3.57 Å². The second-order valence-corrected chi connectivity index (χ2v) is 5.95. The van der Waals surface area contributed by atoms with Crippen molar-refractivity contribution in [3.8, 4) is 0 Å². The first-order valence-corrected chi connectivity index (χ1v) is 7.02. The molecule has 2 bridgehead atoms. The van der Waals surface area contributed by atoms with Gasteiger partial charge in [0.1, 0.15) is 0 Å². The summed E-state index contributed by atoms with van der Waals surface area (Å²) in [5, 5.41) is 3.09. The van der Waals surface area contributed by atoms with Gasteiger partial charge in [0.2, 0.25) is 0 Å². The molecule has 3 atom stereocenters. The lowest BCUT2D eigenvalue weighted by atomic mass is 9.95. The molecule has 1 N–H and O–H groups in total. The fourth-order valence-electron chi connectivity index (χ4n) is 2.67. The molecule has 3 rings (SSSR count). The molecule has 0 spiro atoms. The molecule has 1 aromatic carbocycles. The number of amides is 1. The van der Waals surface area contributed by atoms with E-state index >= 15 is 0 Å². The van der Waals surface area contributed by atoms with Gasteiger partial charge >= 0.3 is 0 Å². The zero-order valence-electron chi connectivity index (χ0n) is 9.36. The molecule has 0 radical (unpaired) electrons. The summed E-state index contributed by atoms with van der Waals surface area (Å²) in [5.41, 5.74) is 0.736. The van der Waals surface area contributed by atoms with Gasteiger partial charge in [0.15, 0.2) is 0 Å². The van der Waals surface area contributed by atoms with Gasteiger partial charge in [-0.3, -0.25) is 4.79 Å². The van der Waals surface area contributed by atoms with Crippen molar-refractivity contribution in [3.05, 3.63) is 33.4 Å². The molecular formula is C13H14INO2. The summed E-state index contributed by atoms with van der Waals surface area (Å²) in [7, 11) is 0. The standard InChI is InChI=1S/C13H14INO2/c14-9-3-1-2-8(6-9)13(16)15-11-7-10-4-5-12(11)17-10/h1-3,6,10-12H,4-5,7H2,(H,15,16). The molecule has 3 nitrogen and oxygen atoms in total. The normalized spacial score (nSPS) is 30.5. The van der Waals surface area contributed by atoms with E-state index in [1.807, 2.05) is 24.3 Å². The van der Waals surface area contributed by atoms with Crippen LogP contribution in [0.3, 0.4) is 0 Å². The van der Waals surface area contributed by atoms with Crippen molar-refractivity contribution in [2.75, 3.05) is 0 Å². The lowest BCUT2D eigenvalue weighted by molar-refractivity contribution is 0.0841. The smallest absolute Gasteiger partial charge is 0.251 e. The van der Waals surface area contributed by atoms with Crippen molar-refractivity contribution >= 4 is 28.5 Å². The molecule has 2 aliphatic heterocycles. The molecule has 90 valence electrons. The Morgan fingerprint density at radius 3 is 2.94 bits per heavy atom. The molecule has 4 heteroatoms. The number of rotatable bonds is 2. The monoisotopic (exact) mass is 343 g/mol. The first kappa shape index (κ1) is 11.5. The molecule has 1 amide bonds. The number of carbonyl (C=O) groups excluding carboxylic acids is 1. The molecule has 2 fully saturated rings. The molecule has 3 unspecified atom stereocenters. The average molecular weight is 343 g/mol. The zero-order valence-corrected chi connectivity index (χ0v) is 11.5. The highest BCUT2D eigenvalue weighted by atomic mass is 127. The molecule has 0 saturated carbocycles. The summed E-state index contributed by atoms with van der Waals surface area (Å²) >= 11 is 2.22. The van der Waals surface area contributed by atoms with Crippen LogP contribution in [0.5, 0.6) is 0 Å². The van der Waals surface area contributed by atoms with Gasteiger partial charge in [-0.15, -0.1) is 0 Å². The van der Waals surface area contributed by atoms with Crippen LogP contribution < -0.4 is 5.32 Å². The van der Waals surface area contributed by atoms with E-state index in [4.69, 9.17) is 4.74 Å². The highest BCUT2D eigenvalue weighted by Gasteiger charge is 2.41. The van der Waals surface area contributed by atoms with Gasteiger partial charge in [-0.2, -0.15) is 0 Å². The number of carbonyl (C=O) groups is 1. The third-order valence-corrected chi connectivity index (χ3v) is 4.18. The maximum Gasteiger partial charge on any atom is 0.251 e. The Bertz CT molecular complexity index is 449. The Balaban J connectivity index is 1.68. The van der Waals surface area contributed by atoms with Crippen molar-refractivity contribution in [2.24, 2.45) is 0 Å². The minimum absolute atomic E-state index is 0.0182. The lowest BCUT2D eigenvalue weighted by Gasteiger charge is -2.20. The molecular weight excluding hydrogens is 329 g/mol. The van der Waals surface area contributed by atoms with E-state index in [1.54, 1.807) is 0 Å². The van der Waals surface area contributed by atoms with Crippen LogP contribution in [0.4, 0.5) is 0 Å². The Morgan fingerprint density at radius 1 is 1.41 bits per heavy atom.